The minimum absolute atomic E-state index is 1.27. The standard InChI is InChI=1S/C6H5BrS2/c7-5-3-4-1-2-8-6(4)9-5/h3H,1-2H2. The summed E-state index contributed by atoms with van der Waals surface area (Å²) in [6, 6.07) is 2.24. The Morgan fingerprint density at radius 1 is 1.56 bits per heavy atom. The molecule has 3 heteroatoms. The summed E-state index contributed by atoms with van der Waals surface area (Å²) in [5.74, 6) is 1.29. The number of thioether (sulfide) groups is 1. The molecule has 0 unspecified atom stereocenters. The smallest absolute Gasteiger partial charge is 0.0713 e. The van der Waals surface area contributed by atoms with Crippen LogP contribution in [0.3, 0.4) is 0 Å². The maximum absolute atomic E-state index is 3.46. The highest BCUT2D eigenvalue weighted by molar-refractivity contribution is 9.11. The molecule has 9 heavy (non-hydrogen) atoms. The molecule has 0 spiro atoms. The highest BCUT2D eigenvalue weighted by Crippen LogP contribution is 2.40. The maximum atomic E-state index is 3.46. The van der Waals surface area contributed by atoms with Crippen molar-refractivity contribution in [3.8, 4) is 0 Å². The summed E-state index contributed by atoms with van der Waals surface area (Å²) < 4.78 is 2.79. The summed E-state index contributed by atoms with van der Waals surface area (Å²) in [5, 5.41) is 0. The Kier molecular flexibility index (Phi) is 1.59. The minimum atomic E-state index is 1.27. The molecule has 0 amide bonds. The zero-order chi connectivity index (χ0) is 6.27. The van der Waals surface area contributed by atoms with Gasteiger partial charge in [0, 0.05) is 5.75 Å². The van der Waals surface area contributed by atoms with Crippen LogP contribution >= 0.6 is 39.0 Å². The first-order valence-corrected chi connectivity index (χ1v) is 5.37. The molecule has 1 aliphatic rings. The van der Waals surface area contributed by atoms with E-state index in [1.54, 1.807) is 0 Å². The normalized spacial score (nSPS) is 16.1. The van der Waals surface area contributed by atoms with Gasteiger partial charge in [-0.2, -0.15) is 0 Å². The third-order valence-electron chi connectivity index (χ3n) is 1.34. The molecule has 2 rings (SSSR count). The molecule has 0 atom stereocenters. The van der Waals surface area contributed by atoms with E-state index in [2.05, 4.69) is 22.0 Å². The first kappa shape index (κ1) is 6.25. The van der Waals surface area contributed by atoms with E-state index in [0.29, 0.717) is 0 Å². The number of hydrogen-bond acceptors (Lipinski definition) is 2. The lowest BCUT2D eigenvalue weighted by Gasteiger charge is -1.79. The van der Waals surface area contributed by atoms with Gasteiger partial charge < -0.3 is 0 Å². The van der Waals surface area contributed by atoms with Crippen LogP contribution in [-0.2, 0) is 6.42 Å². The molecule has 0 saturated carbocycles. The van der Waals surface area contributed by atoms with Gasteiger partial charge in [0.15, 0.2) is 0 Å². The first-order chi connectivity index (χ1) is 4.36. The van der Waals surface area contributed by atoms with Crippen molar-refractivity contribution in [2.45, 2.75) is 10.6 Å². The molecule has 48 valence electrons. The Morgan fingerprint density at radius 3 is 3.22 bits per heavy atom. The summed E-state index contributed by atoms with van der Waals surface area (Å²) in [7, 11) is 0. The van der Waals surface area contributed by atoms with Crippen LogP contribution in [0.1, 0.15) is 5.56 Å². The molecule has 0 fully saturated rings. The van der Waals surface area contributed by atoms with E-state index in [-0.39, 0.29) is 0 Å². The van der Waals surface area contributed by atoms with Crippen LogP contribution < -0.4 is 0 Å². The van der Waals surface area contributed by atoms with Crippen LogP contribution in [0, 0.1) is 0 Å². The second-order valence-electron chi connectivity index (χ2n) is 1.96. The predicted octanol–water partition coefficient (Wildman–Crippen LogP) is 3.16. The molecular formula is C6H5BrS2. The summed E-state index contributed by atoms with van der Waals surface area (Å²) in [5.41, 5.74) is 1.54. The fourth-order valence-electron chi connectivity index (χ4n) is 0.930. The maximum Gasteiger partial charge on any atom is 0.0713 e. The van der Waals surface area contributed by atoms with Crippen LogP contribution in [0.25, 0.3) is 0 Å². The van der Waals surface area contributed by atoms with Crippen molar-refractivity contribution in [2.24, 2.45) is 0 Å². The Hall–Kier alpha value is 0.530. The lowest BCUT2D eigenvalue weighted by atomic mass is 10.3. The van der Waals surface area contributed by atoms with Crippen LogP contribution in [0.15, 0.2) is 14.1 Å². The molecule has 0 aliphatic carbocycles. The van der Waals surface area contributed by atoms with Gasteiger partial charge in [0.2, 0.25) is 0 Å². The van der Waals surface area contributed by atoms with Gasteiger partial charge in [0.05, 0.1) is 8.00 Å². The van der Waals surface area contributed by atoms with Crippen LogP contribution in [0.2, 0.25) is 0 Å². The van der Waals surface area contributed by atoms with Crippen LogP contribution in [0.4, 0.5) is 0 Å². The molecule has 0 aromatic carbocycles. The lowest BCUT2D eigenvalue weighted by Crippen LogP contribution is -1.72. The molecule has 1 aliphatic heterocycles. The van der Waals surface area contributed by atoms with Crippen LogP contribution in [0.5, 0.6) is 0 Å². The van der Waals surface area contributed by atoms with E-state index in [1.807, 2.05) is 23.1 Å². The highest BCUT2D eigenvalue weighted by atomic mass is 79.9. The van der Waals surface area contributed by atoms with E-state index >= 15 is 0 Å². The zero-order valence-electron chi connectivity index (χ0n) is 4.69. The van der Waals surface area contributed by atoms with Gasteiger partial charge in [-0.3, -0.25) is 0 Å². The Labute approximate surface area is 70.8 Å². The summed E-state index contributed by atoms with van der Waals surface area (Å²) in [4.78, 5) is 0. The van der Waals surface area contributed by atoms with E-state index in [1.165, 1.54) is 25.7 Å². The number of aryl methyl sites for hydroxylation is 1. The zero-order valence-corrected chi connectivity index (χ0v) is 7.91. The summed E-state index contributed by atoms with van der Waals surface area (Å²) in [6.07, 6.45) is 1.27. The minimum Gasteiger partial charge on any atom is -0.122 e. The van der Waals surface area contributed by atoms with Gasteiger partial charge in [-0.25, -0.2) is 0 Å². The van der Waals surface area contributed by atoms with Crippen molar-refractivity contribution in [1.29, 1.82) is 0 Å². The molecule has 0 nitrogen and oxygen atoms in total. The molecule has 0 N–H and O–H groups in total. The average molecular weight is 221 g/mol. The summed E-state index contributed by atoms with van der Waals surface area (Å²) in [6.45, 7) is 0. The third-order valence-corrected chi connectivity index (χ3v) is 4.36. The number of rotatable bonds is 0. The Bertz CT molecular complexity index is 207. The van der Waals surface area contributed by atoms with E-state index < -0.39 is 0 Å². The van der Waals surface area contributed by atoms with Gasteiger partial charge >= 0.3 is 0 Å². The topological polar surface area (TPSA) is 0 Å². The molecule has 1 aromatic rings. The fraction of sp³-hybridized carbons (Fsp3) is 0.333. The number of fused-ring (bicyclic) bond motifs is 1. The monoisotopic (exact) mass is 220 g/mol. The molecule has 2 heterocycles. The molecule has 0 bridgehead atoms. The SMILES string of the molecule is Brc1cc2c(s1)SCC2. The fourth-order valence-corrected chi connectivity index (χ4v) is 4.29. The Balaban J connectivity index is 2.51. The van der Waals surface area contributed by atoms with Crippen molar-refractivity contribution in [3.05, 3.63) is 15.4 Å². The quantitative estimate of drug-likeness (QED) is 0.648. The summed E-state index contributed by atoms with van der Waals surface area (Å²) >= 11 is 7.30. The van der Waals surface area contributed by atoms with Crippen molar-refractivity contribution in [3.63, 3.8) is 0 Å². The van der Waals surface area contributed by atoms with Gasteiger partial charge in [-0.1, -0.05) is 0 Å². The van der Waals surface area contributed by atoms with Crippen molar-refractivity contribution in [1.82, 2.24) is 0 Å². The third kappa shape index (κ3) is 1.06. The molecular weight excluding hydrogens is 216 g/mol. The lowest BCUT2D eigenvalue weighted by molar-refractivity contribution is 1.18. The van der Waals surface area contributed by atoms with Gasteiger partial charge in [-0.05, 0) is 34.0 Å². The van der Waals surface area contributed by atoms with Crippen molar-refractivity contribution >= 4 is 39.0 Å². The van der Waals surface area contributed by atoms with Crippen molar-refractivity contribution in [2.75, 3.05) is 5.75 Å². The predicted molar refractivity (Wildman–Crippen MR) is 46.4 cm³/mol. The first-order valence-electron chi connectivity index (χ1n) is 2.77. The number of thiophene rings is 1. The Morgan fingerprint density at radius 2 is 2.44 bits per heavy atom. The van der Waals surface area contributed by atoms with E-state index in [9.17, 15) is 0 Å². The molecule has 1 aromatic heterocycles. The molecule has 0 radical (unpaired) electrons. The second kappa shape index (κ2) is 2.29. The van der Waals surface area contributed by atoms with Gasteiger partial charge in [-0.15, -0.1) is 23.1 Å². The van der Waals surface area contributed by atoms with Gasteiger partial charge in [0.25, 0.3) is 0 Å². The number of halogens is 1. The average Bonchev–Trinajstić information content (AvgIpc) is 2.22. The van der Waals surface area contributed by atoms with Crippen LogP contribution in [-0.4, -0.2) is 5.75 Å². The molecule has 0 saturated heterocycles. The largest absolute Gasteiger partial charge is 0.122 e. The number of hydrogen-bond donors (Lipinski definition) is 0. The highest BCUT2D eigenvalue weighted by Gasteiger charge is 2.13. The van der Waals surface area contributed by atoms with E-state index in [4.69, 9.17) is 0 Å². The van der Waals surface area contributed by atoms with Gasteiger partial charge in [0.1, 0.15) is 0 Å². The second-order valence-corrected chi connectivity index (χ2v) is 5.76. The van der Waals surface area contributed by atoms with Crippen molar-refractivity contribution < 1.29 is 0 Å². The van der Waals surface area contributed by atoms with E-state index in [0.717, 1.165) is 0 Å².